The summed E-state index contributed by atoms with van der Waals surface area (Å²) in [6, 6.07) is 6.99. The number of fused-ring (bicyclic) bond motifs is 1. The average Bonchev–Trinajstić information content (AvgIpc) is 2.73. The van der Waals surface area contributed by atoms with Gasteiger partial charge in [0.2, 0.25) is 0 Å². The first-order valence-electron chi connectivity index (χ1n) is 6.52. The van der Waals surface area contributed by atoms with Crippen LogP contribution in [0.4, 0.5) is 10.1 Å². The molecule has 3 aromatic rings. The second-order valence-corrected chi connectivity index (χ2v) is 5.82. The van der Waals surface area contributed by atoms with E-state index in [9.17, 15) is 4.39 Å². The summed E-state index contributed by atoms with van der Waals surface area (Å²) in [5.74, 6) is -0.282. The zero-order valence-corrected chi connectivity index (χ0v) is 13.3. The summed E-state index contributed by atoms with van der Waals surface area (Å²) < 4.78 is 16.2. The van der Waals surface area contributed by atoms with Crippen molar-refractivity contribution in [2.75, 3.05) is 5.32 Å². The van der Waals surface area contributed by atoms with E-state index >= 15 is 0 Å². The van der Waals surface area contributed by atoms with Crippen LogP contribution in [0.1, 0.15) is 11.3 Å². The van der Waals surface area contributed by atoms with Gasteiger partial charge in [-0.15, -0.1) is 0 Å². The van der Waals surface area contributed by atoms with E-state index in [1.807, 2.05) is 20.0 Å². The lowest BCUT2D eigenvalue weighted by molar-refractivity contribution is 0.629. The molecule has 0 aliphatic carbocycles. The first kappa shape index (κ1) is 14.0. The highest BCUT2D eigenvalue weighted by molar-refractivity contribution is 9.10. The number of nitrogens with one attached hydrogen (secondary N) is 1. The third-order valence-electron chi connectivity index (χ3n) is 3.33. The van der Waals surface area contributed by atoms with E-state index in [-0.39, 0.29) is 5.82 Å². The van der Waals surface area contributed by atoms with Crippen LogP contribution in [0.15, 0.2) is 34.9 Å². The highest BCUT2D eigenvalue weighted by atomic mass is 79.9. The molecule has 0 saturated carbocycles. The van der Waals surface area contributed by atoms with Crippen molar-refractivity contribution in [1.82, 2.24) is 14.8 Å². The first-order chi connectivity index (χ1) is 10.0. The molecular weight excluding hydrogens is 335 g/mol. The number of aromatic nitrogens is 3. The zero-order valence-electron chi connectivity index (χ0n) is 11.7. The number of benzene rings is 1. The summed E-state index contributed by atoms with van der Waals surface area (Å²) in [4.78, 5) is 4.41. The molecule has 0 amide bonds. The Kier molecular flexibility index (Phi) is 3.63. The predicted molar refractivity (Wildman–Crippen MR) is 84.7 cm³/mol. The Hall–Kier alpha value is -1.95. The van der Waals surface area contributed by atoms with Crippen LogP contribution >= 0.6 is 15.9 Å². The molecule has 3 rings (SSSR count). The maximum absolute atomic E-state index is 13.8. The minimum Gasteiger partial charge on any atom is -0.379 e. The van der Waals surface area contributed by atoms with Crippen LogP contribution in [0.25, 0.3) is 11.0 Å². The smallest absolute Gasteiger partial charge is 0.157 e. The lowest BCUT2D eigenvalue weighted by Crippen LogP contribution is -2.02. The molecule has 1 aromatic carbocycles. The van der Waals surface area contributed by atoms with Crippen molar-refractivity contribution in [3.8, 4) is 0 Å². The van der Waals surface area contributed by atoms with E-state index in [0.717, 1.165) is 26.8 Å². The number of halogens is 2. The number of pyridine rings is 1. The van der Waals surface area contributed by atoms with Gasteiger partial charge in [-0.3, -0.25) is 4.68 Å². The average molecular weight is 349 g/mol. The van der Waals surface area contributed by atoms with Crippen LogP contribution in [0.5, 0.6) is 0 Å². The standard InChI is InChI=1S/C15H14BrFN4/c1-9-12-5-10(8-19-15(12)21(2)20-9)7-18-14-4-3-11(16)6-13(14)17/h3-6,8,18H,7H2,1-2H3. The van der Waals surface area contributed by atoms with Gasteiger partial charge >= 0.3 is 0 Å². The molecule has 0 spiro atoms. The van der Waals surface area contributed by atoms with Gasteiger partial charge in [-0.05, 0) is 36.8 Å². The zero-order chi connectivity index (χ0) is 15.0. The monoisotopic (exact) mass is 348 g/mol. The van der Waals surface area contributed by atoms with Crippen LogP contribution in [0.3, 0.4) is 0 Å². The van der Waals surface area contributed by atoms with E-state index in [2.05, 4.69) is 31.3 Å². The first-order valence-corrected chi connectivity index (χ1v) is 7.31. The van der Waals surface area contributed by atoms with Crippen molar-refractivity contribution in [2.24, 2.45) is 7.05 Å². The molecule has 2 heterocycles. The van der Waals surface area contributed by atoms with E-state index < -0.39 is 0 Å². The molecule has 2 aromatic heterocycles. The molecule has 1 N–H and O–H groups in total. The number of rotatable bonds is 3. The topological polar surface area (TPSA) is 42.7 Å². The van der Waals surface area contributed by atoms with Gasteiger partial charge in [0, 0.05) is 29.6 Å². The second-order valence-electron chi connectivity index (χ2n) is 4.90. The minimum atomic E-state index is -0.282. The quantitative estimate of drug-likeness (QED) is 0.782. The molecule has 0 fully saturated rings. The largest absolute Gasteiger partial charge is 0.379 e. The highest BCUT2D eigenvalue weighted by Gasteiger charge is 2.08. The number of nitrogens with zero attached hydrogens (tertiary/aromatic N) is 3. The molecule has 6 heteroatoms. The molecule has 0 aliphatic rings. The van der Waals surface area contributed by atoms with Crippen LogP contribution < -0.4 is 5.32 Å². The summed E-state index contributed by atoms with van der Waals surface area (Å²) in [6.45, 7) is 2.46. The molecule has 0 aliphatic heterocycles. The maximum Gasteiger partial charge on any atom is 0.157 e. The Bertz CT molecular complexity index is 813. The summed E-state index contributed by atoms with van der Waals surface area (Å²) in [5, 5.41) is 8.45. The van der Waals surface area contributed by atoms with Crippen molar-refractivity contribution in [3.63, 3.8) is 0 Å². The molecule has 0 atom stereocenters. The number of hydrogen-bond acceptors (Lipinski definition) is 3. The molecule has 21 heavy (non-hydrogen) atoms. The normalized spacial score (nSPS) is 11.0. The van der Waals surface area contributed by atoms with E-state index in [1.54, 1.807) is 23.0 Å². The number of anilines is 1. The van der Waals surface area contributed by atoms with Crippen LogP contribution in [0, 0.1) is 12.7 Å². The molecule has 0 radical (unpaired) electrons. The Morgan fingerprint density at radius 3 is 2.90 bits per heavy atom. The van der Waals surface area contributed by atoms with E-state index in [1.165, 1.54) is 6.07 Å². The van der Waals surface area contributed by atoms with Crippen molar-refractivity contribution in [2.45, 2.75) is 13.5 Å². The van der Waals surface area contributed by atoms with Gasteiger partial charge in [0.25, 0.3) is 0 Å². The fourth-order valence-electron chi connectivity index (χ4n) is 2.28. The number of hydrogen-bond donors (Lipinski definition) is 1. The molecular formula is C15H14BrFN4. The molecule has 0 unspecified atom stereocenters. The third-order valence-corrected chi connectivity index (χ3v) is 3.83. The van der Waals surface area contributed by atoms with E-state index in [4.69, 9.17) is 0 Å². The minimum absolute atomic E-state index is 0.282. The predicted octanol–water partition coefficient (Wildman–Crippen LogP) is 3.79. The van der Waals surface area contributed by atoms with Crippen LogP contribution in [-0.2, 0) is 13.6 Å². The Labute approximate surface area is 130 Å². The Balaban J connectivity index is 1.83. The fraction of sp³-hybridized carbons (Fsp3) is 0.200. The van der Waals surface area contributed by atoms with Gasteiger partial charge in [-0.2, -0.15) is 5.10 Å². The van der Waals surface area contributed by atoms with Crippen LogP contribution in [0.2, 0.25) is 0 Å². The van der Waals surface area contributed by atoms with Crippen molar-refractivity contribution >= 4 is 32.7 Å². The Morgan fingerprint density at radius 2 is 2.14 bits per heavy atom. The number of aryl methyl sites for hydroxylation is 2. The van der Waals surface area contributed by atoms with Crippen molar-refractivity contribution in [3.05, 3.63) is 52.0 Å². The highest BCUT2D eigenvalue weighted by Crippen LogP contribution is 2.21. The van der Waals surface area contributed by atoms with Gasteiger partial charge in [0.1, 0.15) is 5.82 Å². The third kappa shape index (κ3) is 2.76. The van der Waals surface area contributed by atoms with Gasteiger partial charge in [-0.1, -0.05) is 15.9 Å². The maximum atomic E-state index is 13.8. The molecule has 0 saturated heterocycles. The Morgan fingerprint density at radius 1 is 1.33 bits per heavy atom. The summed E-state index contributed by atoms with van der Waals surface area (Å²) in [7, 11) is 1.87. The summed E-state index contributed by atoms with van der Waals surface area (Å²) in [5.41, 5.74) is 3.25. The fourth-order valence-corrected chi connectivity index (χ4v) is 2.61. The van der Waals surface area contributed by atoms with Gasteiger partial charge in [0.05, 0.1) is 11.4 Å². The summed E-state index contributed by atoms with van der Waals surface area (Å²) >= 11 is 3.24. The van der Waals surface area contributed by atoms with Crippen molar-refractivity contribution in [1.29, 1.82) is 0 Å². The van der Waals surface area contributed by atoms with Gasteiger partial charge in [-0.25, -0.2) is 9.37 Å². The second kappa shape index (κ2) is 5.44. The molecule has 108 valence electrons. The lowest BCUT2D eigenvalue weighted by Gasteiger charge is -2.08. The van der Waals surface area contributed by atoms with E-state index in [0.29, 0.717) is 12.2 Å². The molecule has 4 nitrogen and oxygen atoms in total. The SMILES string of the molecule is Cc1nn(C)c2ncc(CNc3ccc(Br)cc3F)cc12. The summed E-state index contributed by atoms with van der Waals surface area (Å²) in [6.07, 6.45) is 1.78. The van der Waals surface area contributed by atoms with Gasteiger partial charge < -0.3 is 5.32 Å². The van der Waals surface area contributed by atoms with Crippen LogP contribution in [-0.4, -0.2) is 14.8 Å². The van der Waals surface area contributed by atoms with Gasteiger partial charge in [0.15, 0.2) is 5.65 Å². The lowest BCUT2D eigenvalue weighted by atomic mass is 10.2. The van der Waals surface area contributed by atoms with Crippen molar-refractivity contribution < 1.29 is 4.39 Å². The molecule has 0 bridgehead atoms.